The Morgan fingerprint density at radius 3 is 2.44 bits per heavy atom. The SMILES string of the molecule is CC[C@@H](C)C[C@@H](C)/C=C/[C@@H]1C=C[C@@H](O)[C@H](O)[C@]12C(=O)O[C@](C)(O)[C@@H]2O. The molecule has 1 saturated heterocycles. The monoisotopic (exact) mass is 354 g/mol. The van der Waals surface area contributed by atoms with E-state index < -0.39 is 41.4 Å². The van der Waals surface area contributed by atoms with Crippen LogP contribution in [0.1, 0.15) is 40.5 Å². The van der Waals surface area contributed by atoms with Gasteiger partial charge >= 0.3 is 5.97 Å². The summed E-state index contributed by atoms with van der Waals surface area (Å²) in [6.07, 6.45) is 4.17. The Bertz CT molecular complexity index is 554. The highest BCUT2D eigenvalue weighted by Gasteiger charge is 2.70. The first-order valence-electron chi connectivity index (χ1n) is 8.94. The molecule has 0 bridgehead atoms. The van der Waals surface area contributed by atoms with Crippen molar-refractivity contribution in [2.45, 2.75) is 64.6 Å². The van der Waals surface area contributed by atoms with E-state index in [1.165, 1.54) is 13.0 Å². The van der Waals surface area contributed by atoms with E-state index in [9.17, 15) is 25.2 Å². The van der Waals surface area contributed by atoms with Crippen LogP contribution >= 0.6 is 0 Å². The molecular formula is C19H30O6. The average Bonchev–Trinajstić information content (AvgIpc) is 2.71. The first-order valence-corrected chi connectivity index (χ1v) is 8.94. The van der Waals surface area contributed by atoms with Gasteiger partial charge in [0, 0.05) is 12.8 Å². The second kappa shape index (κ2) is 7.19. The molecular weight excluding hydrogens is 324 g/mol. The quantitative estimate of drug-likeness (QED) is 0.436. The number of aliphatic hydroxyl groups is 4. The van der Waals surface area contributed by atoms with Gasteiger partial charge in [-0.2, -0.15) is 0 Å². The average molecular weight is 354 g/mol. The molecule has 2 rings (SSSR count). The van der Waals surface area contributed by atoms with Crippen molar-refractivity contribution >= 4 is 5.97 Å². The number of ether oxygens (including phenoxy) is 1. The van der Waals surface area contributed by atoms with E-state index in [2.05, 4.69) is 20.8 Å². The van der Waals surface area contributed by atoms with E-state index in [0.29, 0.717) is 5.92 Å². The first kappa shape index (κ1) is 20.1. The minimum absolute atomic E-state index is 0.250. The smallest absolute Gasteiger partial charge is 0.321 e. The Hall–Kier alpha value is -1.21. The van der Waals surface area contributed by atoms with Crippen LogP contribution in [0, 0.1) is 23.2 Å². The number of carbonyl (C=O) groups excluding carboxylic acids is 1. The van der Waals surface area contributed by atoms with Gasteiger partial charge in [-0.05, 0) is 18.3 Å². The van der Waals surface area contributed by atoms with Gasteiger partial charge in [-0.3, -0.25) is 4.79 Å². The standard InChI is InChI=1S/C19H30O6/c1-5-11(2)10-12(3)6-7-13-8-9-14(20)15(21)19(13)16(22)18(4,24)25-17(19)23/h6-9,11-16,20-22,24H,5,10H2,1-4H3/b7-6+/t11-,12+,13-,14-,15+,16+,18+,19-/m1/s1. The minimum atomic E-state index is -2.11. The molecule has 0 amide bonds. The summed E-state index contributed by atoms with van der Waals surface area (Å²) in [5.74, 6) is -2.91. The van der Waals surface area contributed by atoms with Gasteiger partial charge in [0.25, 0.3) is 0 Å². The lowest BCUT2D eigenvalue weighted by Gasteiger charge is -2.42. The van der Waals surface area contributed by atoms with Gasteiger partial charge in [0.15, 0.2) is 0 Å². The number of allylic oxidation sites excluding steroid dienone is 3. The molecule has 1 fully saturated rings. The van der Waals surface area contributed by atoms with E-state index in [1.807, 2.05) is 6.08 Å². The Balaban J connectivity index is 2.35. The van der Waals surface area contributed by atoms with Crippen molar-refractivity contribution < 1.29 is 30.0 Å². The van der Waals surface area contributed by atoms with Crippen molar-refractivity contribution in [3.05, 3.63) is 24.3 Å². The Morgan fingerprint density at radius 1 is 1.28 bits per heavy atom. The summed E-state index contributed by atoms with van der Waals surface area (Å²) >= 11 is 0. The maximum Gasteiger partial charge on any atom is 0.321 e. The third-order valence-electron chi connectivity index (χ3n) is 5.61. The van der Waals surface area contributed by atoms with Crippen LogP contribution in [0.2, 0.25) is 0 Å². The highest BCUT2D eigenvalue weighted by Crippen LogP contribution is 2.51. The molecule has 0 saturated carbocycles. The number of hydrogen-bond donors (Lipinski definition) is 4. The Morgan fingerprint density at radius 2 is 1.92 bits per heavy atom. The zero-order chi connectivity index (χ0) is 19.0. The lowest BCUT2D eigenvalue weighted by Crippen LogP contribution is -2.59. The Labute approximate surface area is 148 Å². The number of cyclic esters (lactones) is 1. The summed E-state index contributed by atoms with van der Waals surface area (Å²) in [6.45, 7) is 7.53. The number of carbonyl (C=O) groups is 1. The third kappa shape index (κ3) is 3.40. The normalized spacial score (nSPS) is 43.6. The molecule has 142 valence electrons. The summed E-state index contributed by atoms with van der Waals surface area (Å²) in [6, 6.07) is 0. The molecule has 0 unspecified atom stereocenters. The molecule has 6 heteroatoms. The van der Waals surface area contributed by atoms with Gasteiger partial charge in [0.05, 0.1) is 6.10 Å². The molecule has 1 heterocycles. The fourth-order valence-corrected chi connectivity index (χ4v) is 3.88. The number of aliphatic hydroxyl groups excluding tert-OH is 3. The molecule has 8 atom stereocenters. The number of rotatable bonds is 5. The number of hydrogen-bond acceptors (Lipinski definition) is 6. The van der Waals surface area contributed by atoms with Crippen LogP contribution < -0.4 is 0 Å². The van der Waals surface area contributed by atoms with Crippen molar-refractivity contribution in [1.82, 2.24) is 0 Å². The molecule has 1 aliphatic heterocycles. The van der Waals surface area contributed by atoms with E-state index >= 15 is 0 Å². The van der Waals surface area contributed by atoms with Crippen molar-refractivity contribution in [2.24, 2.45) is 23.2 Å². The summed E-state index contributed by atoms with van der Waals surface area (Å²) in [4.78, 5) is 12.5. The summed E-state index contributed by atoms with van der Waals surface area (Å²) in [7, 11) is 0. The highest BCUT2D eigenvalue weighted by molar-refractivity contribution is 5.83. The van der Waals surface area contributed by atoms with Crippen LogP contribution in [0.4, 0.5) is 0 Å². The van der Waals surface area contributed by atoms with E-state index in [4.69, 9.17) is 4.74 Å². The zero-order valence-electron chi connectivity index (χ0n) is 15.3. The van der Waals surface area contributed by atoms with Crippen LogP contribution in [0.15, 0.2) is 24.3 Å². The second-order valence-electron chi connectivity index (χ2n) is 7.74. The van der Waals surface area contributed by atoms with Crippen LogP contribution in [0.3, 0.4) is 0 Å². The van der Waals surface area contributed by atoms with Crippen LogP contribution in [-0.4, -0.2) is 50.5 Å². The van der Waals surface area contributed by atoms with Crippen molar-refractivity contribution in [3.63, 3.8) is 0 Å². The van der Waals surface area contributed by atoms with E-state index in [1.54, 1.807) is 12.2 Å². The largest absolute Gasteiger partial charge is 0.430 e. The van der Waals surface area contributed by atoms with E-state index in [0.717, 1.165) is 12.8 Å². The highest BCUT2D eigenvalue weighted by atomic mass is 16.7. The van der Waals surface area contributed by atoms with Gasteiger partial charge in [-0.25, -0.2) is 0 Å². The molecule has 0 aromatic heterocycles. The fraction of sp³-hybridized carbons (Fsp3) is 0.737. The van der Waals surface area contributed by atoms with Crippen LogP contribution in [0.5, 0.6) is 0 Å². The summed E-state index contributed by atoms with van der Waals surface area (Å²) in [5, 5.41) is 41.2. The lowest BCUT2D eigenvalue weighted by molar-refractivity contribution is -0.209. The molecule has 6 nitrogen and oxygen atoms in total. The Kier molecular flexibility index (Phi) is 5.78. The molecule has 0 aromatic carbocycles. The van der Waals surface area contributed by atoms with Gasteiger partial charge in [-0.1, -0.05) is 51.5 Å². The maximum atomic E-state index is 12.5. The zero-order valence-corrected chi connectivity index (χ0v) is 15.3. The van der Waals surface area contributed by atoms with Gasteiger partial charge in [0.2, 0.25) is 5.79 Å². The number of esters is 1. The first-order chi connectivity index (χ1) is 11.6. The van der Waals surface area contributed by atoms with Gasteiger partial charge < -0.3 is 25.2 Å². The molecule has 25 heavy (non-hydrogen) atoms. The molecule has 4 N–H and O–H groups in total. The van der Waals surface area contributed by atoms with Crippen molar-refractivity contribution in [3.8, 4) is 0 Å². The van der Waals surface area contributed by atoms with Gasteiger partial charge in [-0.15, -0.1) is 0 Å². The maximum absolute atomic E-state index is 12.5. The predicted molar refractivity (Wildman–Crippen MR) is 92.2 cm³/mol. The topological polar surface area (TPSA) is 107 Å². The van der Waals surface area contributed by atoms with Crippen molar-refractivity contribution in [2.75, 3.05) is 0 Å². The summed E-state index contributed by atoms with van der Waals surface area (Å²) < 4.78 is 4.92. The van der Waals surface area contributed by atoms with Crippen LogP contribution in [0.25, 0.3) is 0 Å². The van der Waals surface area contributed by atoms with E-state index in [-0.39, 0.29) is 5.92 Å². The summed E-state index contributed by atoms with van der Waals surface area (Å²) in [5.41, 5.74) is -1.83. The van der Waals surface area contributed by atoms with Crippen molar-refractivity contribution in [1.29, 1.82) is 0 Å². The molecule has 0 aromatic rings. The molecule has 1 aliphatic carbocycles. The second-order valence-corrected chi connectivity index (χ2v) is 7.74. The van der Waals surface area contributed by atoms with Gasteiger partial charge in [0.1, 0.15) is 17.6 Å². The third-order valence-corrected chi connectivity index (χ3v) is 5.61. The van der Waals surface area contributed by atoms with Crippen LogP contribution in [-0.2, 0) is 9.53 Å². The molecule has 0 radical (unpaired) electrons. The lowest BCUT2D eigenvalue weighted by atomic mass is 9.62. The molecule has 1 spiro atoms. The fourth-order valence-electron chi connectivity index (χ4n) is 3.88. The minimum Gasteiger partial charge on any atom is -0.430 e. The predicted octanol–water partition coefficient (Wildman–Crippen LogP) is 1.14. The molecule has 2 aliphatic rings.